The van der Waals surface area contributed by atoms with Gasteiger partial charge in [0.05, 0.1) is 6.04 Å². The van der Waals surface area contributed by atoms with E-state index in [2.05, 4.69) is 128 Å². The van der Waals surface area contributed by atoms with Gasteiger partial charge in [-0.2, -0.15) is 0 Å². The predicted molar refractivity (Wildman–Crippen MR) is 130 cm³/mol. The largest absolute Gasteiger partial charge is 0.378 e. The number of nitrogens with zero attached hydrogens (tertiary/aromatic N) is 3. The molecule has 3 heteroatoms. The highest BCUT2D eigenvalue weighted by molar-refractivity contribution is 5.87. The molecule has 0 aliphatic heterocycles. The van der Waals surface area contributed by atoms with Crippen LogP contribution in [0, 0.1) is 6.92 Å². The van der Waals surface area contributed by atoms with E-state index < -0.39 is 0 Å². The summed E-state index contributed by atoms with van der Waals surface area (Å²) < 4.78 is 2.44. The molecule has 0 spiro atoms. The second kappa shape index (κ2) is 8.27. The average Bonchev–Trinajstić information content (AvgIpc) is 3.06. The second-order valence-corrected chi connectivity index (χ2v) is 8.10. The van der Waals surface area contributed by atoms with Crippen LogP contribution in [0.25, 0.3) is 10.9 Å². The Morgan fingerprint density at radius 1 is 0.767 bits per heavy atom. The number of hydrogen-bond donors (Lipinski definition) is 0. The Morgan fingerprint density at radius 2 is 1.40 bits per heavy atom. The first-order valence-electron chi connectivity index (χ1n) is 10.7. The van der Waals surface area contributed by atoms with Crippen LogP contribution in [0.15, 0.2) is 78.9 Å². The van der Waals surface area contributed by atoms with Crippen LogP contribution in [0.3, 0.4) is 0 Å². The average molecular weight is 398 g/mol. The fourth-order valence-corrected chi connectivity index (χ4v) is 4.56. The highest BCUT2D eigenvalue weighted by Crippen LogP contribution is 2.39. The van der Waals surface area contributed by atoms with Gasteiger partial charge in [-0.05, 0) is 49.7 Å². The number of para-hydroxylation sites is 2. The molecule has 0 aliphatic rings. The predicted octanol–water partition coefficient (Wildman–Crippen LogP) is 6.26. The fourth-order valence-electron chi connectivity index (χ4n) is 4.56. The van der Waals surface area contributed by atoms with Crippen LogP contribution in [0.1, 0.15) is 29.8 Å². The molecule has 0 N–H and O–H groups in total. The smallest absolute Gasteiger partial charge is 0.0816 e. The number of hydrogen-bond acceptors (Lipinski definition) is 2. The van der Waals surface area contributed by atoms with E-state index in [0.717, 1.165) is 6.54 Å². The van der Waals surface area contributed by atoms with Crippen LogP contribution >= 0.6 is 0 Å². The minimum atomic E-state index is 0.126. The molecule has 1 aromatic heterocycles. The van der Waals surface area contributed by atoms with E-state index in [1.807, 2.05) is 0 Å². The van der Waals surface area contributed by atoms with E-state index in [-0.39, 0.29) is 6.04 Å². The number of benzene rings is 3. The summed E-state index contributed by atoms with van der Waals surface area (Å²) >= 11 is 0. The molecule has 0 amide bonds. The van der Waals surface area contributed by atoms with Crippen molar-refractivity contribution in [3.63, 3.8) is 0 Å². The molecule has 4 rings (SSSR count). The normalized spacial score (nSPS) is 12.2. The molecule has 0 aliphatic carbocycles. The zero-order valence-corrected chi connectivity index (χ0v) is 18.6. The summed E-state index contributed by atoms with van der Waals surface area (Å²) in [5, 5.41) is 1.33. The SMILES string of the molecule is CCn1c(C)c(C(c2ccc(N(C)C)cc2)N(C)c2ccccc2)c2ccccc21. The highest BCUT2D eigenvalue weighted by atomic mass is 15.1. The molecule has 1 atom stereocenters. The highest BCUT2D eigenvalue weighted by Gasteiger charge is 2.26. The van der Waals surface area contributed by atoms with Gasteiger partial charge in [0.25, 0.3) is 0 Å². The summed E-state index contributed by atoms with van der Waals surface area (Å²) in [4.78, 5) is 4.55. The third kappa shape index (κ3) is 3.45. The summed E-state index contributed by atoms with van der Waals surface area (Å²) in [6, 6.07) is 28.6. The third-order valence-corrected chi connectivity index (χ3v) is 6.15. The summed E-state index contributed by atoms with van der Waals surface area (Å²) in [7, 11) is 6.38. The first-order valence-corrected chi connectivity index (χ1v) is 10.7. The van der Waals surface area contributed by atoms with E-state index in [9.17, 15) is 0 Å². The zero-order chi connectivity index (χ0) is 21.3. The molecule has 1 heterocycles. The molecule has 1 unspecified atom stereocenters. The summed E-state index contributed by atoms with van der Waals surface area (Å²) in [5.41, 5.74) is 7.76. The van der Waals surface area contributed by atoms with Crippen molar-refractivity contribution < 1.29 is 0 Å². The Balaban J connectivity index is 1.95. The molecule has 0 saturated carbocycles. The summed E-state index contributed by atoms with van der Waals surface area (Å²) in [6.07, 6.45) is 0. The number of aromatic nitrogens is 1. The number of rotatable bonds is 6. The van der Waals surface area contributed by atoms with Crippen molar-refractivity contribution in [2.45, 2.75) is 26.4 Å². The molecule has 3 nitrogen and oxygen atoms in total. The lowest BCUT2D eigenvalue weighted by molar-refractivity contribution is 0.733. The van der Waals surface area contributed by atoms with Gasteiger partial charge in [0.2, 0.25) is 0 Å². The van der Waals surface area contributed by atoms with Gasteiger partial charge < -0.3 is 14.4 Å². The lowest BCUT2D eigenvalue weighted by atomic mass is 9.94. The number of fused-ring (bicyclic) bond motifs is 1. The third-order valence-electron chi connectivity index (χ3n) is 6.15. The summed E-state index contributed by atoms with van der Waals surface area (Å²) in [6.45, 7) is 5.46. The van der Waals surface area contributed by atoms with Crippen LogP contribution in [0.4, 0.5) is 11.4 Å². The van der Waals surface area contributed by atoms with E-state index in [4.69, 9.17) is 0 Å². The Hall–Kier alpha value is -3.20. The van der Waals surface area contributed by atoms with Crippen LogP contribution in [0.5, 0.6) is 0 Å². The van der Waals surface area contributed by atoms with Gasteiger partial charge in [-0.15, -0.1) is 0 Å². The van der Waals surface area contributed by atoms with Gasteiger partial charge in [-0.3, -0.25) is 0 Å². The summed E-state index contributed by atoms with van der Waals surface area (Å²) in [5.74, 6) is 0. The molecule has 154 valence electrons. The van der Waals surface area contributed by atoms with E-state index in [0.29, 0.717) is 0 Å². The zero-order valence-electron chi connectivity index (χ0n) is 18.6. The van der Waals surface area contributed by atoms with Crippen molar-refractivity contribution in [2.75, 3.05) is 30.9 Å². The topological polar surface area (TPSA) is 11.4 Å². The number of aryl methyl sites for hydroxylation is 1. The molecule has 0 radical (unpaired) electrons. The van der Waals surface area contributed by atoms with Crippen LogP contribution in [-0.4, -0.2) is 25.7 Å². The Kier molecular flexibility index (Phi) is 5.54. The Labute approximate surface area is 180 Å². The number of anilines is 2. The monoisotopic (exact) mass is 397 g/mol. The maximum atomic E-state index is 2.44. The van der Waals surface area contributed by atoms with Gasteiger partial charge >= 0.3 is 0 Å². The first-order chi connectivity index (χ1) is 14.5. The first kappa shape index (κ1) is 20.1. The molecular weight excluding hydrogens is 366 g/mol. The van der Waals surface area contributed by atoms with Crippen molar-refractivity contribution in [3.05, 3.63) is 95.7 Å². The van der Waals surface area contributed by atoms with E-state index in [1.165, 1.54) is 39.1 Å². The molecule has 0 bridgehead atoms. The minimum Gasteiger partial charge on any atom is -0.378 e. The van der Waals surface area contributed by atoms with Crippen molar-refractivity contribution in [1.29, 1.82) is 0 Å². The van der Waals surface area contributed by atoms with Gasteiger partial charge in [-0.25, -0.2) is 0 Å². The standard InChI is InChI=1S/C27H31N3/c1-6-30-20(2)26(24-14-10-11-15-25(24)30)27(29(5)23-12-8-7-9-13-23)21-16-18-22(19-17-21)28(3)4/h7-19,27H,6H2,1-5H3. The molecule has 0 fully saturated rings. The van der Waals surface area contributed by atoms with Crippen molar-refractivity contribution in [1.82, 2.24) is 4.57 Å². The molecule has 30 heavy (non-hydrogen) atoms. The quantitative estimate of drug-likeness (QED) is 0.380. The lowest BCUT2D eigenvalue weighted by Crippen LogP contribution is -2.26. The molecular formula is C27H31N3. The van der Waals surface area contributed by atoms with Gasteiger partial charge in [-0.1, -0.05) is 48.5 Å². The van der Waals surface area contributed by atoms with Gasteiger partial charge in [0.15, 0.2) is 0 Å². The van der Waals surface area contributed by atoms with Crippen LogP contribution in [-0.2, 0) is 6.54 Å². The van der Waals surface area contributed by atoms with Crippen molar-refractivity contribution >= 4 is 22.3 Å². The van der Waals surface area contributed by atoms with Crippen LogP contribution < -0.4 is 9.80 Å². The molecule has 4 aromatic rings. The molecule has 3 aromatic carbocycles. The Bertz CT molecular complexity index is 1120. The van der Waals surface area contributed by atoms with Gasteiger partial charge in [0, 0.05) is 61.2 Å². The fraction of sp³-hybridized carbons (Fsp3) is 0.259. The van der Waals surface area contributed by atoms with Crippen molar-refractivity contribution in [2.24, 2.45) is 0 Å². The van der Waals surface area contributed by atoms with Gasteiger partial charge in [0.1, 0.15) is 0 Å². The van der Waals surface area contributed by atoms with E-state index in [1.54, 1.807) is 0 Å². The lowest BCUT2D eigenvalue weighted by Gasteiger charge is -2.32. The maximum Gasteiger partial charge on any atom is 0.0816 e. The van der Waals surface area contributed by atoms with Crippen LogP contribution in [0.2, 0.25) is 0 Å². The van der Waals surface area contributed by atoms with Crippen molar-refractivity contribution in [3.8, 4) is 0 Å². The maximum absolute atomic E-state index is 2.44. The second-order valence-electron chi connectivity index (χ2n) is 8.10. The van der Waals surface area contributed by atoms with E-state index >= 15 is 0 Å². The molecule has 0 saturated heterocycles. The minimum absolute atomic E-state index is 0.126. The Morgan fingerprint density at radius 3 is 2.03 bits per heavy atom.